The molecule has 1 N–H and O–H groups in total. The summed E-state index contributed by atoms with van der Waals surface area (Å²) in [5.74, 6) is 0.0175. The summed E-state index contributed by atoms with van der Waals surface area (Å²) in [6.07, 6.45) is 1.67. The number of nitrogens with zero attached hydrogens (tertiary/aromatic N) is 1. The van der Waals surface area contributed by atoms with Gasteiger partial charge >= 0.3 is 0 Å². The maximum Gasteiger partial charge on any atom is 0.243 e. The number of likely N-dealkylation sites (N-methyl/N-ethyl adjacent to an activating group) is 1. The number of rotatable bonds is 3. The van der Waals surface area contributed by atoms with Crippen LogP contribution in [0.4, 0.5) is 0 Å². The van der Waals surface area contributed by atoms with E-state index < -0.39 is 0 Å². The van der Waals surface area contributed by atoms with E-state index in [4.69, 9.17) is 0 Å². The number of carbonyl (C=O) groups is 2. The van der Waals surface area contributed by atoms with E-state index in [0.29, 0.717) is 6.54 Å². The molecule has 2 amide bonds. The molecule has 13 heavy (non-hydrogen) atoms. The Morgan fingerprint density at radius 3 is 2.69 bits per heavy atom. The van der Waals surface area contributed by atoms with Gasteiger partial charge in [0.15, 0.2) is 0 Å². The number of hydrogen-bond acceptors (Lipinski definition) is 2. The van der Waals surface area contributed by atoms with Gasteiger partial charge in [-0.2, -0.15) is 0 Å². The van der Waals surface area contributed by atoms with Crippen LogP contribution in [-0.2, 0) is 9.59 Å². The van der Waals surface area contributed by atoms with Crippen molar-refractivity contribution >= 4 is 11.8 Å². The van der Waals surface area contributed by atoms with Crippen LogP contribution < -0.4 is 5.32 Å². The van der Waals surface area contributed by atoms with Crippen molar-refractivity contribution in [2.75, 3.05) is 13.1 Å². The summed E-state index contributed by atoms with van der Waals surface area (Å²) in [5, 5.41) is 2.60. The highest BCUT2D eigenvalue weighted by atomic mass is 16.2. The number of nitrogens with one attached hydrogen (secondary N) is 1. The van der Waals surface area contributed by atoms with Crippen LogP contribution in [0.15, 0.2) is 0 Å². The van der Waals surface area contributed by atoms with Crippen molar-refractivity contribution in [1.29, 1.82) is 0 Å². The fraction of sp³-hybridized carbons (Fsp3) is 0.778. The third kappa shape index (κ3) is 1.99. The molecule has 1 aliphatic rings. The van der Waals surface area contributed by atoms with Crippen molar-refractivity contribution in [3.8, 4) is 0 Å². The van der Waals surface area contributed by atoms with Crippen molar-refractivity contribution < 1.29 is 9.59 Å². The summed E-state index contributed by atoms with van der Waals surface area (Å²) in [6.45, 7) is 4.70. The van der Waals surface area contributed by atoms with Crippen LogP contribution in [-0.4, -0.2) is 35.8 Å². The van der Waals surface area contributed by atoms with Crippen molar-refractivity contribution in [3.05, 3.63) is 0 Å². The number of carbonyl (C=O) groups excluding carboxylic acids is 2. The van der Waals surface area contributed by atoms with Gasteiger partial charge in [0.1, 0.15) is 6.04 Å². The van der Waals surface area contributed by atoms with E-state index in [-0.39, 0.29) is 24.4 Å². The first kappa shape index (κ1) is 10.0. The minimum atomic E-state index is -0.240. The van der Waals surface area contributed by atoms with Gasteiger partial charge in [0.25, 0.3) is 0 Å². The largest absolute Gasteiger partial charge is 0.345 e. The quantitative estimate of drug-likeness (QED) is 0.678. The molecule has 0 aromatic carbocycles. The minimum absolute atomic E-state index is 0.0108. The Bertz CT molecular complexity index is 216. The third-order valence-electron chi connectivity index (χ3n) is 2.32. The van der Waals surface area contributed by atoms with Gasteiger partial charge in [-0.1, -0.05) is 13.3 Å². The van der Waals surface area contributed by atoms with Gasteiger partial charge in [0, 0.05) is 6.54 Å². The second kappa shape index (κ2) is 4.25. The minimum Gasteiger partial charge on any atom is -0.345 e. The molecule has 0 aromatic rings. The Kier molecular flexibility index (Phi) is 3.28. The normalized spacial score (nSPS) is 23.2. The summed E-state index contributed by atoms with van der Waals surface area (Å²) in [6, 6.07) is -0.240. The van der Waals surface area contributed by atoms with E-state index >= 15 is 0 Å². The molecule has 4 nitrogen and oxygen atoms in total. The average Bonchev–Trinajstić information content (AvgIpc) is 2.12. The Labute approximate surface area is 78.3 Å². The van der Waals surface area contributed by atoms with Crippen LogP contribution in [0.2, 0.25) is 0 Å². The number of hydrogen-bond donors (Lipinski definition) is 1. The van der Waals surface area contributed by atoms with Crippen LogP contribution in [0.25, 0.3) is 0 Å². The Hall–Kier alpha value is -1.06. The van der Waals surface area contributed by atoms with Gasteiger partial charge in [-0.3, -0.25) is 9.59 Å². The molecular weight excluding hydrogens is 168 g/mol. The fourth-order valence-corrected chi connectivity index (χ4v) is 1.65. The molecule has 0 aliphatic carbocycles. The first-order valence-corrected chi connectivity index (χ1v) is 4.77. The first-order valence-electron chi connectivity index (χ1n) is 4.77. The zero-order valence-electron chi connectivity index (χ0n) is 8.17. The van der Waals surface area contributed by atoms with E-state index in [2.05, 4.69) is 5.32 Å². The summed E-state index contributed by atoms with van der Waals surface area (Å²) in [4.78, 5) is 24.4. The smallest absolute Gasteiger partial charge is 0.243 e. The molecule has 0 aromatic heterocycles. The standard InChI is InChI=1S/C9H16N2O2/c1-3-5-7-9(13)10-6-8(12)11(7)4-2/h7H,3-6H2,1-2H3,(H,10,13). The van der Waals surface area contributed by atoms with Gasteiger partial charge in [-0.15, -0.1) is 0 Å². The zero-order chi connectivity index (χ0) is 9.84. The highest BCUT2D eigenvalue weighted by molar-refractivity contribution is 5.94. The molecule has 1 heterocycles. The highest BCUT2D eigenvalue weighted by Gasteiger charge is 2.32. The van der Waals surface area contributed by atoms with Crippen LogP contribution in [0.5, 0.6) is 0 Å². The molecule has 1 saturated heterocycles. The van der Waals surface area contributed by atoms with Crippen LogP contribution in [0.3, 0.4) is 0 Å². The van der Waals surface area contributed by atoms with Crippen LogP contribution in [0, 0.1) is 0 Å². The van der Waals surface area contributed by atoms with Crippen molar-refractivity contribution in [2.45, 2.75) is 32.7 Å². The molecule has 1 rings (SSSR count). The number of amides is 2. The highest BCUT2D eigenvalue weighted by Crippen LogP contribution is 2.10. The first-order chi connectivity index (χ1) is 6.20. The van der Waals surface area contributed by atoms with Crippen molar-refractivity contribution in [3.63, 3.8) is 0 Å². The van der Waals surface area contributed by atoms with Gasteiger partial charge in [-0.25, -0.2) is 0 Å². The van der Waals surface area contributed by atoms with Gasteiger partial charge < -0.3 is 10.2 Å². The lowest BCUT2D eigenvalue weighted by atomic mass is 10.1. The summed E-state index contributed by atoms with van der Waals surface area (Å²) in [7, 11) is 0. The number of piperazine rings is 1. The van der Waals surface area contributed by atoms with Crippen LogP contribution in [0.1, 0.15) is 26.7 Å². The van der Waals surface area contributed by atoms with Gasteiger partial charge in [0.2, 0.25) is 11.8 Å². The molecule has 0 radical (unpaired) electrons. The summed E-state index contributed by atoms with van der Waals surface area (Å²) >= 11 is 0. The zero-order valence-corrected chi connectivity index (χ0v) is 8.17. The second-order valence-electron chi connectivity index (χ2n) is 3.20. The lowest BCUT2D eigenvalue weighted by molar-refractivity contribution is -0.145. The molecule has 0 bridgehead atoms. The molecule has 74 valence electrons. The second-order valence-corrected chi connectivity index (χ2v) is 3.20. The molecule has 0 spiro atoms. The summed E-state index contributed by atoms with van der Waals surface area (Å²) in [5.41, 5.74) is 0. The van der Waals surface area contributed by atoms with E-state index in [0.717, 1.165) is 12.8 Å². The van der Waals surface area contributed by atoms with Crippen molar-refractivity contribution in [1.82, 2.24) is 10.2 Å². The fourth-order valence-electron chi connectivity index (χ4n) is 1.65. The molecule has 1 aliphatic heterocycles. The Morgan fingerprint density at radius 1 is 1.46 bits per heavy atom. The summed E-state index contributed by atoms with van der Waals surface area (Å²) < 4.78 is 0. The molecule has 1 atom stereocenters. The Morgan fingerprint density at radius 2 is 2.15 bits per heavy atom. The lowest BCUT2D eigenvalue weighted by Gasteiger charge is -2.33. The van der Waals surface area contributed by atoms with Gasteiger partial charge in [0.05, 0.1) is 6.54 Å². The van der Waals surface area contributed by atoms with E-state index in [1.54, 1.807) is 4.90 Å². The van der Waals surface area contributed by atoms with Crippen LogP contribution >= 0.6 is 0 Å². The maximum atomic E-state index is 11.4. The molecular formula is C9H16N2O2. The van der Waals surface area contributed by atoms with Gasteiger partial charge in [-0.05, 0) is 13.3 Å². The topological polar surface area (TPSA) is 49.4 Å². The predicted molar refractivity (Wildman–Crippen MR) is 49.1 cm³/mol. The Balaban J connectivity index is 2.71. The monoisotopic (exact) mass is 184 g/mol. The maximum absolute atomic E-state index is 11.4. The third-order valence-corrected chi connectivity index (χ3v) is 2.32. The molecule has 4 heteroatoms. The molecule has 0 saturated carbocycles. The van der Waals surface area contributed by atoms with E-state index in [1.807, 2.05) is 13.8 Å². The predicted octanol–water partition coefficient (Wildman–Crippen LogP) is 0.133. The van der Waals surface area contributed by atoms with E-state index in [1.165, 1.54) is 0 Å². The van der Waals surface area contributed by atoms with E-state index in [9.17, 15) is 9.59 Å². The molecule has 1 fully saturated rings. The SMILES string of the molecule is CCCC1C(=O)NCC(=O)N1CC. The lowest BCUT2D eigenvalue weighted by Crippen LogP contribution is -2.58. The van der Waals surface area contributed by atoms with Crippen molar-refractivity contribution in [2.24, 2.45) is 0 Å². The average molecular weight is 184 g/mol. The molecule has 1 unspecified atom stereocenters.